The minimum atomic E-state index is -4.66. The number of carbonyl (C=O) groups is 2. The number of nitrogens with one attached hydrogen (secondary N) is 1. The number of nitrogens with zero attached hydrogens (tertiary/aromatic N) is 1. The van der Waals surface area contributed by atoms with Crippen molar-refractivity contribution in [1.29, 1.82) is 0 Å². The first-order chi connectivity index (χ1) is 9.74. The number of benzene rings is 1. The van der Waals surface area contributed by atoms with Crippen LogP contribution in [0.3, 0.4) is 0 Å². The third kappa shape index (κ3) is 2.98. The summed E-state index contributed by atoms with van der Waals surface area (Å²) in [5, 5.41) is 2.41. The first-order valence-corrected chi connectivity index (χ1v) is 6.21. The van der Waals surface area contributed by atoms with Gasteiger partial charge in [-0.1, -0.05) is 6.92 Å². The third-order valence-corrected chi connectivity index (χ3v) is 3.17. The van der Waals surface area contributed by atoms with Crippen molar-refractivity contribution in [2.45, 2.75) is 25.6 Å². The molecule has 1 heterocycles. The molecule has 1 aliphatic rings. The molecule has 1 aromatic carbocycles. The zero-order valence-electron chi connectivity index (χ0n) is 11.0. The first kappa shape index (κ1) is 15.3. The topological polar surface area (TPSA) is 49.4 Å². The molecule has 1 aromatic rings. The van der Waals surface area contributed by atoms with Crippen LogP contribution in [0.1, 0.15) is 18.9 Å². The lowest BCUT2D eigenvalue weighted by atomic mass is 10.1. The van der Waals surface area contributed by atoms with Gasteiger partial charge in [0.05, 0.1) is 11.3 Å². The summed E-state index contributed by atoms with van der Waals surface area (Å²) in [6.45, 7) is 1.13. The van der Waals surface area contributed by atoms with Gasteiger partial charge in [0.15, 0.2) is 0 Å². The van der Waals surface area contributed by atoms with Gasteiger partial charge in [-0.2, -0.15) is 13.2 Å². The van der Waals surface area contributed by atoms with E-state index in [1.54, 1.807) is 6.92 Å². The number of rotatable bonds is 2. The van der Waals surface area contributed by atoms with E-state index in [-0.39, 0.29) is 6.42 Å². The molecule has 0 aliphatic carbocycles. The SMILES string of the molecule is CCC1NC(=O)CN(c2cc(C(F)(F)F)ccc2F)C1=O. The van der Waals surface area contributed by atoms with Gasteiger partial charge in [-0.25, -0.2) is 4.39 Å². The van der Waals surface area contributed by atoms with Gasteiger partial charge in [0.25, 0.3) is 0 Å². The summed E-state index contributed by atoms with van der Waals surface area (Å²) in [5.41, 5.74) is -1.62. The van der Waals surface area contributed by atoms with Crippen molar-refractivity contribution in [3.8, 4) is 0 Å². The van der Waals surface area contributed by atoms with Crippen molar-refractivity contribution >= 4 is 17.5 Å². The molecule has 0 radical (unpaired) electrons. The van der Waals surface area contributed by atoms with E-state index in [0.717, 1.165) is 4.90 Å². The molecule has 0 spiro atoms. The maximum atomic E-state index is 13.8. The monoisotopic (exact) mass is 304 g/mol. The predicted octanol–water partition coefficient (Wildman–Crippen LogP) is 2.09. The Kier molecular flexibility index (Phi) is 3.89. The van der Waals surface area contributed by atoms with Gasteiger partial charge in [0.1, 0.15) is 18.4 Å². The van der Waals surface area contributed by atoms with Crippen molar-refractivity contribution < 1.29 is 27.2 Å². The molecule has 1 N–H and O–H groups in total. The van der Waals surface area contributed by atoms with Crippen molar-refractivity contribution in [2.75, 3.05) is 11.4 Å². The third-order valence-electron chi connectivity index (χ3n) is 3.17. The van der Waals surface area contributed by atoms with Gasteiger partial charge in [-0.3, -0.25) is 14.5 Å². The van der Waals surface area contributed by atoms with Crippen molar-refractivity contribution in [3.05, 3.63) is 29.6 Å². The summed E-state index contributed by atoms with van der Waals surface area (Å²) in [5.74, 6) is -2.16. The van der Waals surface area contributed by atoms with Crippen LogP contribution in [0.25, 0.3) is 0 Å². The Morgan fingerprint density at radius 3 is 2.57 bits per heavy atom. The van der Waals surface area contributed by atoms with E-state index in [0.29, 0.717) is 18.2 Å². The molecule has 1 fully saturated rings. The Morgan fingerprint density at radius 2 is 2.00 bits per heavy atom. The lowest BCUT2D eigenvalue weighted by Crippen LogP contribution is -2.58. The van der Waals surface area contributed by atoms with Gasteiger partial charge in [-0.05, 0) is 24.6 Å². The Balaban J connectivity index is 2.44. The summed E-state index contributed by atoms with van der Waals surface area (Å²) in [4.78, 5) is 24.3. The highest BCUT2D eigenvalue weighted by Gasteiger charge is 2.36. The number of halogens is 4. The Bertz CT molecular complexity index is 586. The normalized spacial score (nSPS) is 19.7. The number of carbonyl (C=O) groups excluding carboxylic acids is 2. The van der Waals surface area contributed by atoms with E-state index in [4.69, 9.17) is 0 Å². The lowest BCUT2D eigenvalue weighted by molar-refractivity contribution is -0.137. The van der Waals surface area contributed by atoms with Crippen LogP contribution in [0, 0.1) is 5.82 Å². The second-order valence-corrected chi connectivity index (χ2v) is 4.62. The molecule has 1 unspecified atom stereocenters. The van der Waals surface area contributed by atoms with Gasteiger partial charge in [0.2, 0.25) is 11.8 Å². The van der Waals surface area contributed by atoms with E-state index < -0.39 is 47.6 Å². The highest BCUT2D eigenvalue weighted by Crippen LogP contribution is 2.33. The molecule has 4 nitrogen and oxygen atoms in total. The number of anilines is 1. The molecule has 1 aliphatic heterocycles. The molecule has 2 rings (SSSR count). The van der Waals surface area contributed by atoms with E-state index in [9.17, 15) is 27.2 Å². The summed E-state index contributed by atoms with van der Waals surface area (Å²) in [7, 11) is 0. The first-order valence-electron chi connectivity index (χ1n) is 6.21. The zero-order valence-corrected chi connectivity index (χ0v) is 11.0. The van der Waals surface area contributed by atoms with Crippen LogP contribution in [0.2, 0.25) is 0 Å². The average Bonchev–Trinajstić information content (AvgIpc) is 2.40. The molecule has 114 valence electrons. The molecule has 0 bridgehead atoms. The van der Waals surface area contributed by atoms with Crippen molar-refractivity contribution in [3.63, 3.8) is 0 Å². The number of hydrogen-bond acceptors (Lipinski definition) is 2. The largest absolute Gasteiger partial charge is 0.416 e. The van der Waals surface area contributed by atoms with Crippen LogP contribution in [-0.4, -0.2) is 24.4 Å². The van der Waals surface area contributed by atoms with Crippen LogP contribution in [0.4, 0.5) is 23.2 Å². The van der Waals surface area contributed by atoms with E-state index >= 15 is 0 Å². The predicted molar refractivity (Wildman–Crippen MR) is 66.0 cm³/mol. The molecule has 1 saturated heterocycles. The van der Waals surface area contributed by atoms with Crippen molar-refractivity contribution in [1.82, 2.24) is 5.32 Å². The summed E-state index contributed by atoms with van der Waals surface area (Å²) in [6.07, 6.45) is -4.39. The molecule has 21 heavy (non-hydrogen) atoms. The molecule has 0 saturated carbocycles. The fourth-order valence-corrected chi connectivity index (χ4v) is 2.09. The standard InChI is InChI=1S/C13H12F4N2O2/c1-2-9-12(21)19(6-11(20)18-9)10-5-7(13(15,16)17)3-4-8(10)14/h3-5,9H,2,6H2,1H3,(H,18,20). The highest BCUT2D eigenvalue weighted by molar-refractivity contribution is 6.06. The molecule has 8 heteroatoms. The summed E-state index contributed by atoms with van der Waals surface area (Å²) < 4.78 is 51.8. The highest BCUT2D eigenvalue weighted by atomic mass is 19.4. The maximum absolute atomic E-state index is 13.8. The fourth-order valence-electron chi connectivity index (χ4n) is 2.09. The van der Waals surface area contributed by atoms with Crippen LogP contribution in [-0.2, 0) is 15.8 Å². The fraction of sp³-hybridized carbons (Fsp3) is 0.385. The summed E-state index contributed by atoms with van der Waals surface area (Å²) in [6, 6.07) is 0.905. The minimum absolute atomic E-state index is 0.266. The average molecular weight is 304 g/mol. The van der Waals surface area contributed by atoms with E-state index in [1.807, 2.05) is 0 Å². The van der Waals surface area contributed by atoms with Gasteiger partial charge in [-0.15, -0.1) is 0 Å². The summed E-state index contributed by atoms with van der Waals surface area (Å²) >= 11 is 0. The number of piperazine rings is 1. The molecular formula is C13H12F4N2O2. The Hall–Kier alpha value is -2.12. The van der Waals surface area contributed by atoms with Gasteiger partial charge < -0.3 is 5.32 Å². The quantitative estimate of drug-likeness (QED) is 0.851. The van der Waals surface area contributed by atoms with Gasteiger partial charge >= 0.3 is 6.18 Å². The zero-order chi connectivity index (χ0) is 15.8. The molecule has 1 atom stereocenters. The van der Waals surface area contributed by atoms with Crippen LogP contribution in [0.15, 0.2) is 18.2 Å². The number of alkyl halides is 3. The second-order valence-electron chi connectivity index (χ2n) is 4.62. The molecule has 2 amide bonds. The van der Waals surface area contributed by atoms with Crippen molar-refractivity contribution in [2.24, 2.45) is 0 Å². The molecule has 0 aromatic heterocycles. The smallest absolute Gasteiger partial charge is 0.343 e. The Morgan fingerprint density at radius 1 is 1.33 bits per heavy atom. The second kappa shape index (κ2) is 5.34. The number of hydrogen-bond donors (Lipinski definition) is 1. The molecular weight excluding hydrogens is 292 g/mol. The van der Waals surface area contributed by atoms with Crippen LogP contribution >= 0.6 is 0 Å². The maximum Gasteiger partial charge on any atom is 0.416 e. The lowest BCUT2D eigenvalue weighted by Gasteiger charge is -2.32. The Labute approximate surface area is 117 Å². The van der Waals surface area contributed by atoms with Crippen LogP contribution in [0.5, 0.6) is 0 Å². The van der Waals surface area contributed by atoms with E-state index in [1.165, 1.54) is 0 Å². The van der Waals surface area contributed by atoms with E-state index in [2.05, 4.69) is 5.32 Å². The minimum Gasteiger partial charge on any atom is -0.343 e. The van der Waals surface area contributed by atoms with Crippen LogP contribution < -0.4 is 10.2 Å². The van der Waals surface area contributed by atoms with Gasteiger partial charge in [0, 0.05) is 0 Å². The number of amides is 2.